The van der Waals surface area contributed by atoms with Gasteiger partial charge in [0.2, 0.25) is 0 Å². The molecule has 1 aliphatic rings. The van der Waals surface area contributed by atoms with Crippen LogP contribution in [0.3, 0.4) is 0 Å². The first-order valence-corrected chi connectivity index (χ1v) is 6.85. The van der Waals surface area contributed by atoms with Crippen LogP contribution in [0.2, 0.25) is 5.02 Å². The van der Waals surface area contributed by atoms with Crippen LogP contribution >= 0.6 is 11.6 Å². The zero-order valence-electron chi connectivity index (χ0n) is 10.9. The van der Waals surface area contributed by atoms with Crippen molar-refractivity contribution < 1.29 is 4.74 Å². The normalized spacial score (nSPS) is 17.2. The van der Waals surface area contributed by atoms with E-state index in [1.165, 1.54) is 18.5 Å². The van der Waals surface area contributed by atoms with Crippen molar-refractivity contribution in [1.29, 1.82) is 0 Å². The molecule has 0 spiro atoms. The van der Waals surface area contributed by atoms with E-state index in [2.05, 4.69) is 11.0 Å². The Labute approximate surface area is 114 Å². The van der Waals surface area contributed by atoms with E-state index in [9.17, 15) is 0 Å². The van der Waals surface area contributed by atoms with Gasteiger partial charge in [-0.05, 0) is 30.9 Å². The van der Waals surface area contributed by atoms with Crippen LogP contribution < -0.4 is 10.6 Å². The average molecular weight is 269 g/mol. The molecule has 1 aromatic carbocycles. The number of nitrogens with zero attached hydrogens (tertiary/aromatic N) is 1. The summed E-state index contributed by atoms with van der Waals surface area (Å²) < 4.78 is 5.23. The summed E-state index contributed by atoms with van der Waals surface area (Å²) in [6.45, 7) is 3.48. The van der Waals surface area contributed by atoms with Gasteiger partial charge in [0.15, 0.2) is 0 Å². The highest BCUT2D eigenvalue weighted by Crippen LogP contribution is 2.30. The van der Waals surface area contributed by atoms with Crippen LogP contribution in [0.1, 0.15) is 18.4 Å². The first-order chi connectivity index (χ1) is 8.76. The minimum absolute atomic E-state index is 0.493. The fraction of sp³-hybridized carbons (Fsp3) is 0.571. The molecule has 3 nitrogen and oxygen atoms in total. The third-order valence-electron chi connectivity index (χ3n) is 3.66. The number of ether oxygens (including phenoxy) is 1. The van der Waals surface area contributed by atoms with Gasteiger partial charge >= 0.3 is 0 Å². The molecule has 1 heterocycles. The van der Waals surface area contributed by atoms with Gasteiger partial charge in [0.1, 0.15) is 0 Å². The number of nitrogens with two attached hydrogens (primary N) is 1. The summed E-state index contributed by atoms with van der Waals surface area (Å²) in [4.78, 5) is 2.39. The second kappa shape index (κ2) is 6.41. The molecule has 0 atom stereocenters. The summed E-state index contributed by atoms with van der Waals surface area (Å²) >= 11 is 6.20. The number of hydrogen-bond donors (Lipinski definition) is 1. The number of hydrogen-bond acceptors (Lipinski definition) is 3. The SMILES string of the molecule is COCC1CCN(c2cccc(Cl)c2CN)CC1. The van der Waals surface area contributed by atoms with E-state index in [-0.39, 0.29) is 0 Å². The quantitative estimate of drug-likeness (QED) is 0.912. The lowest BCUT2D eigenvalue weighted by molar-refractivity contribution is 0.139. The van der Waals surface area contributed by atoms with Crippen LogP contribution in [0.25, 0.3) is 0 Å². The fourth-order valence-electron chi connectivity index (χ4n) is 2.62. The molecule has 1 aliphatic heterocycles. The van der Waals surface area contributed by atoms with E-state index >= 15 is 0 Å². The minimum atomic E-state index is 0.493. The molecule has 0 saturated carbocycles. The summed E-state index contributed by atoms with van der Waals surface area (Å²) in [5.74, 6) is 0.687. The summed E-state index contributed by atoms with van der Waals surface area (Å²) in [5.41, 5.74) is 8.06. The molecule has 1 aromatic rings. The summed E-state index contributed by atoms with van der Waals surface area (Å²) in [6, 6.07) is 6.02. The van der Waals surface area contributed by atoms with Crippen molar-refractivity contribution in [2.45, 2.75) is 19.4 Å². The minimum Gasteiger partial charge on any atom is -0.384 e. The average Bonchev–Trinajstić information content (AvgIpc) is 2.40. The van der Waals surface area contributed by atoms with Crippen molar-refractivity contribution in [1.82, 2.24) is 0 Å². The van der Waals surface area contributed by atoms with Gasteiger partial charge < -0.3 is 15.4 Å². The Morgan fingerprint density at radius 1 is 1.39 bits per heavy atom. The molecule has 1 fully saturated rings. The van der Waals surface area contributed by atoms with E-state index in [4.69, 9.17) is 22.1 Å². The summed E-state index contributed by atoms with van der Waals surface area (Å²) in [7, 11) is 1.77. The number of halogens is 1. The van der Waals surface area contributed by atoms with Gasteiger partial charge in [-0.25, -0.2) is 0 Å². The van der Waals surface area contributed by atoms with E-state index < -0.39 is 0 Å². The number of methoxy groups -OCH3 is 1. The Morgan fingerprint density at radius 2 is 2.11 bits per heavy atom. The number of rotatable bonds is 4. The Balaban J connectivity index is 2.07. The maximum absolute atomic E-state index is 6.20. The first-order valence-electron chi connectivity index (χ1n) is 6.47. The second-order valence-electron chi connectivity index (χ2n) is 4.83. The molecular formula is C14H21ClN2O. The molecule has 0 bridgehead atoms. The molecule has 0 amide bonds. The smallest absolute Gasteiger partial charge is 0.0491 e. The zero-order valence-corrected chi connectivity index (χ0v) is 11.6. The molecule has 2 rings (SSSR count). The summed E-state index contributed by atoms with van der Waals surface area (Å²) in [6.07, 6.45) is 2.34. The monoisotopic (exact) mass is 268 g/mol. The molecule has 2 N–H and O–H groups in total. The molecule has 0 aliphatic carbocycles. The van der Waals surface area contributed by atoms with Crippen molar-refractivity contribution in [2.75, 3.05) is 31.7 Å². The van der Waals surface area contributed by atoms with Crippen molar-refractivity contribution in [3.63, 3.8) is 0 Å². The topological polar surface area (TPSA) is 38.5 Å². The highest BCUT2D eigenvalue weighted by Gasteiger charge is 2.21. The Hall–Kier alpha value is -0.770. The van der Waals surface area contributed by atoms with Crippen LogP contribution in [0.5, 0.6) is 0 Å². The van der Waals surface area contributed by atoms with Crippen molar-refractivity contribution in [3.05, 3.63) is 28.8 Å². The lowest BCUT2D eigenvalue weighted by Gasteiger charge is -2.34. The summed E-state index contributed by atoms with van der Waals surface area (Å²) in [5, 5.41) is 0.772. The third-order valence-corrected chi connectivity index (χ3v) is 4.01. The number of piperidine rings is 1. The molecular weight excluding hydrogens is 248 g/mol. The molecule has 100 valence electrons. The molecule has 18 heavy (non-hydrogen) atoms. The van der Waals surface area contributed by atoms with Gasteiger partial charge in [-0.15, -0.1) is 0 Å². The molecule has 0 radical (unpaired) electrons. The molecule has 0 aromatic heterocycles. The Morgan fingerprint density at radius 3 is 2.72 bits per heavy atom. The van der Waals surface area contributed by atoms with Crippen LogP contribution in [0.15, 0.2) is 18.2 Å². The largest absolute Gasteiger partial charge is 0.384 e. The first kappa shape index (κ1) is 13.7. The maximum Gasteiger partial charge on any atom is 0.0491 e. The highest BCUT2D eigenvalue weighted by molar-refractivity contribution is 6.31. The molecule has 1 saturated heterocycles. The van der Waals surface area contributed by atoms with Crippen molar-refractivity contribution >= 4 is 17.3 Å². The number of benzene rings is 1. The standard InChI is InChI=1S/C14H21ClN2O/c1-18-10-11-5-7-17(8-6-11)14-4-2-3-13(15)12(14)9-16/h2-4,11H,5-10,16H2,1H3. The second-order valence-corrected chi connectivity index (χ2v) is 5.23. The lowest BCUT2D eigenvalue weighted by atomic mass is 9.97. The van der Waals surface area contributed by atoms with E-state index in [0.717, 1.165) is 30.3 Å². The molecule has 4 heteroatoms. The van der Waals surface area contributed by atoms with Crippen molar-refractivity contribution in [2.24, 2.45) is 11.7 Å². The van der Waals surface area contributed by atoms with Crippen LogP contribution in [-0.4, -0.2) is 26.8 Å². The Kier molecular flexibility index (Phi) is 4.87. The molecule has 0 unspecified atom stereocenters. The maximum atomic E-state index is 6.20. The predicted molar refractivity (Wildman–Crippen MR) is 76.2 cm³/mol. The third kappa shape index (κ3) is 2.97. The number of anilines is 1. The van der Waals surface area contributed by atoms with Crippen LogP contribution in [0.4, 0.5) is 5.69 Å². The van der Waals surface area contributed by atoms with Crippen LogP contribution in [-0.2, 0) is 11.3 Å². The van der Waals surface area contributed by atoms with Gasteiger partial charge in [0.25, 0.3) is 0 Å². The van der Waals surface area contributed by atoms with Gasteiger partial charge in [0, 0.05) is 49.6 Å². The fourth-order valence-corrected chi connectivity index (χ4v) is 2.87. The van der Waals surface area contributed by atoms with E-state index in [1.54, 1.807) is 7.11 Å². The van der Waals surface area contributed by atoms with Gasteiger partial charge in [-0.3, -0.25) is 0 Å². The van der Waals surface area contributed by atoms with Gasteiger partial charge in [0.05, 0.1) is 0 Å². The van der Waals surface area contributed by atoms with Crippen molar-refractivity contribution in [3.8, 4) is 0 Å². The zero-order chi connectivity index (χ0) is 13.0. The van der Waals surface area contributed by atoms with E-state index in [1.807, 2.05) is 12.1 Å². The lowest BCUT2D eigenvalue weighted by Crippen LogP contribution is -2.35. The van der Waals surface area contributed by atoms with Gasteiger partial charge in [-0.1, -0.05) is 17.7 Å². The van der Waals surface area contributed by atoms with E-state index in [0.29, 0.717) is 12.5 Å². The highest BCUT2D eigenvalue weighted by atomic mass is 35.5. The van der Waals surface area contributed by atoms with Gasteiger partial charge in [-0.2, -0.15) is 0 Å². The van der Waals surface area contributed by atoms with Crippen LogP contribution in [0, 0.1) is 5.92 Å². The predicted octanol–water partition coefficient (Wildman–Crippen LogP) is 2.66. The Bertz CT molecular complexity index is 389.